The number of hydrogen-bond acceptors (Lipinski definition) is 31. The maximum absolute atomic E-state index is 14.8. The number of halogens is 8. The van der Waals surface area contributed by atoms with Gasteiger partial charge in [0.2, 0.25) is 17.8 Å². The van der Waals surface area contributed by atoms with Crippen LogP contribution < -0.4 is 37.2 Å². The molecule has 3 aliphatic rings. The van der Waals surface area contributed by atoms with Gasteiger partial charge < -0.3 is 70.0 Å². The van der Waals surface area contributed by atoms with Crippen LogP contribution in [0.2, 0.25) is 0 Å². The SMILES string of the molecule is CCOC1CCC(n2cc(NC(=O)c3csc(-c4cnn(C(C)OP(=O)([O-])[O-])c4)n3)c(-c3nc(F)ccc3F)n2)CC1.CCOC1CCC(n2cc(NC(=O)c3csc(-c4cnn(COC(=O)CN)c4)n3)c(-c3nc(F)ccc3F)n2)CC1.CCOC1CCC(n2cc(NC(=O)c3csc(-c4cnn(COC(=O)[C@@H](N)C(C)(C)C)c4)n3)c(-c3nc(F)ccc3F)n2)CC1.Cl.Cl. The fourth-order valence-electron chi connectivity index (χ4n) is 14.3. The molecule has 0 radical (unpaired) electrons. The number of pyridine rings is 3. The number of nitrogens with zero attached hydrogens (tertiary/aromatic N) is 18. The van der Waals surface area contributed by atoms with E-state index in [1.807, 2.05) is 41.5 Å². The van der Waals surface area contributed by atoms with Crippen LogP contribution in [-0.2, 0) is 55.8 Å². The van der Waals surface area contributed by atoms with Crippen molar-refractivity contribution in [1.29, 1.82) is 0 Å². The lowest BCUT2D eigenvalue weighted by molar-refractivity contribution is -0.347. The van der Waals surface area contributed by atoms with Crippen molar-refractivity contribution >= 4 is 113 Å². The fourth-order valence-corrected chi connectivity index (χ4v) is 17.1. The molecule has 37 nitrogen and oxygen atoms in total. The second-order valence-electron chi connectivity index (χ2n) is 30.8. The van der Waals surface area contributed by atoms with Crippen molar-refractivity contribution in [3.63, 3.8) is 0 Å². The highest BCUT2D eigenvalue weighted by molar-refractivity contribution is 7.43. The van der Waals surface area contributed by atoms with E-state index >= 15 is 0 Å². The summed E-state index contributed by atoms with van der Waals surface area (Å²) in [6.45, 7) is 14.2. The van der Waals surface area contributed by atoms with Gasteiger partial charge in [-0.15, -0.1) is 58.8 Å². The van der Waals surface area contributed by atoms with Crippen molar-refractivity contribution in [2.24, 2.45) is 16.9 Å². The van der Waals surface area contributed by atoms with E-state index < -0.39 is 90.5 Å². The lowest BCUT2D eigenvalue weighted by atomic mass is 9.87. The van der Waals surface area contributed by atoms with Gasteiger partial charge in [0.05, 0.1) is 86.5 Å². The summed E-state index contributed by atoms with van der Waals surface area (Å²) in [5.41, 5.74) is 12.2. The number of esters is 2. The Morgan fingerprint density at radius 2 is 0.823 bits per heavy atom. The summed E-state index contributed by atoms with van der Waals surface area (Å²) < 4.78 is 138. The normalized spacial score (nSPS) is 17.4. The first kappa shape index (κ1) is 99.6. The number of rotatable bonds is 30. The quantitative estimate of drug-likeness (QED) is 0.0121. The van der Waals surface area contributed by atoms with Crippen molar-refractivity contribution in [3.8, 4) is 65.9 Å². The summed E-state index contributed by atoms with van der Waals surface area (Å²) in [7, 11) is -5.23. The number of amides is 3. The van der Waals surface area contributed by atoms with Crippen molar-refractivity contribution in [1.82, 2.24) is 88.6 Å². The largest absolute Gasteiger partial charge is 0.790 e. The number of ether oxygens (including phenoxy) is 5. The van der Waals surface area contributed by atoms with Crippen LogP contribution in [0.3, 0.4) is 0 Å². The summed E-state index contributed by atoms with van der Waals surface area (Å²) in [4.78, 5) is 109. The van der Waals surface area contributed by atoms with Crippen LogP contribution >= 0.6 is 66.6 Å². The van der Waals surface area contributed by atoms with Gasteiger partial charge >= 0.3 is 11.9 Å². The fraction of sp³-hybridized carbons (Fsp3) is 0.420. The summed E-state index contributed by atoms with van der Waals surface area (Å²) in [5.74, 6) is -7.82. The number of phosphoric acid groups is 1. The van der Waals surface area contributed by atoms with Gasteiger partial charge in [0.15, 0.2) is 37.1 Å². The number of anilines is 3. The topological polar surface area (TPSA) is 476 Å². The van der Waals surface area contributed by atoms with Crippen LogP contribution in [0.15, 0.2) is 108 Å². The number of aromatic nitrogens is 18. The van der Waals surface area contributed by atoms with Gasteiger partial charge in [0.1, 0.15) is 72.3 Å². The Kier molecular flexibility index (Phi) is 34.3. The van der Waals surface area contributed by atoms with Crippen LogP contribution in [-0.4, -0.2) is 169 Å². The zero-order valence-corrected chi connectivity index (χ0v) is 75.9. The Labute approximate surface area is 763 Å². The second-order valence-corrected chi connectivity index (χ2v) is 34.5. The molecule has 0 spiro atoms. The molecule has 0 aromatic carbocycles. The molecule has 0 aliphatic heterocycles. The predicted octanol–water partition coefficient (Wildman–Crippen LogP) is 13.5. The number of carbonyl (C=O) groups excluding carboxylic acids is 5. The summed E-state index contributed by atoms with van der Waals surface area (Å²) in [6, 6.07) is 4.81. The number of hydrogen-bond donors (Lipinski definition) is 5. The number of thiazole rings is 3. The molecule has 2 atom stereocenters. The van der Waals surface area contributed by atoms with Crippen LogP contribution in [0.4, 0.5) is 43.4 Å². The van der Waals surface area contributed by atoms with Crippen molar-refractivity contribution in [3.05, 3.63) is 161 Å². The highest BCUT2D eigenvalue weighted by Gasteiger charge is 2.34. The molecule has 15 rings (SSSR count). The first-order valence-electron chi connectivity index (χ1n) is 40.8. The number of nitrogens with one attached hydrogen (secondary N) is 3. The average molecular weight is 1920 g/mol. The van der Waals surface area contributed by atoms with E-state index in [-0.39, 0.29) is 150 Å². The Morgan fingerprint density at radius 3 is 1.15 bits per heavy atom. The van der Waals surface area contributed by atoms with E-state index in [0.717, 1.165) is 129 Å². The highest BCUT2D eigenvalue weighted by Crippen LogP contribution is 2.41. The standard InChI is InChI=1S/C30H36F2N8O4S.C26H28F2N8O4S.C25H28F2N7O6PS.2ClH/c1-5-43-19-8-6-18(7-9-19)40-14-21(25(38-40)24-20(31)10-11-23(32)37-24)35-27(41)22-15-45-28(36-22)17-12-34-39(13-17)16-44-29(42)26(33)30(2,3)4;1-2-39-17-5-3-16(4-6-17)36-12-19(24(34-36)23-18(27)7-8-21(28)33-23)31-25(38)20-13-41-26(32-20)15-10-30-35(11-15)14-40-22(37)9-29;1-3-39-17-6-4-16(5-7-17)34-12-19(23(32-34)22-18(26)8-9-21(27)31-22)29-24(35)20-13-42-25(30-20)15-10-28-33(11-15)14(2)40-41(36,37)38;;/h10-15,18-19,26H,5-9,16,33H2,1-4H3,(H,35,41);7-8,10-13,16-17H,2-6,9,14,29H2,1H3,(H,31,38);8-14,16-17H,3-7H2,1-2H3,(H,29,35)(H2,36,37,38);2*1H/p-2/t18?,19?,26-;;;;/m1..../s1. The highest BCUT2D eigenvalue weighted by atomic mass is 35.5. The third-order valence-electron chi connectivity index (χ3n) is 20.8. The minimum atomic E-state index is -5.23. The molecule has 696 valence electrons. The molecule has 0 bridgehead atoms. The maximum Gasteiger partial charge on any atom is 0.325 e. The van der Waals surface area contributed by atoms with E-state index in [0.29, 0.717) is 51.5 Å². The van der Waals surface area contributed by atoms with E-state index in [4.69, 9.17) is 35.2 Å². The third kappa shape index (κ3) is 25.6. The van der Waals surface area contributed by atoms with E-state index in [1.165, 1.54) is 62.9 Å². The number of nitrogens with two attached hydrogens (primary N) is 2. The Bertz CT molecular complexity index is 5930. The second kappa shape index (κ2) is 44.8. The van der Waals surface area contributed by atoms with Gasteiger partial charge in [0.25, 0.3) is 17.7 Å². The van der Waals surface area contributed by atoms with Crippen LogP contribution in [0.5, 0.6) is 0 Å². The lowest BCUT2D eigenvalue weighted by Gasteiger charge is -2.31. The van der Waals surface area contributed by atoms with E-state index in [1.54, 1.807) is 62.0 Å². The molecule has 12 aromatic heterocycles. The maximum atomic E-state index is 14.8. The van der Waals surface area contributed by atoms with Crippen molar-refractivity contribution in [2.45, 2.75) is 188 Å². The van der Waals surface area contributed by atoms with Crippen LogP contribution in [0.1, 0.15) is 181 Å². The van der Waals surface area contributed by atoms with Gasteiger partial charge in [-0.1, -0.05) is 20.8 Å². The van der Waals surface area contributed by atoms with Gasteiger partial charge in [-0.3, -0.25) is 38.0 Å². The minimum Gasteiger partial charge on any atom is -0.790 e. The molecule has 0 saturated heterocycles. The zero-order chi connectivity index (χ0) is 91.3. The number of phosphoric ester groups is 1. The molecule has 12 heterocycles. The minimum absolute atomic E-state index is 0. The predicted molar refractivity (Wildman–Crippen MR) is 465 cm³/mol. The molecular weight excluding hydrogens is 1830 g/mol. The molecule has 3 amide bonds. The molecule has 1 unspecified atom stereocenters. The molecular formula is C81H92Cl2F6N23O14PS3-2. The van der Waals surface area contributed by atoms with Gasteiger partial charge in [-0.2, -0.15) is 43.8 Å². The van der Waals surface area contributed by atoms with Crippen LogP contribution in [0.25, 0.3) is 65.9 Å². The molecule has 7 N–H and O–H groups in total. The average Bonchev–Trinajstić information content (AvgIpc) is 1.63. The van der Waals surface area contributed by atoms with E-state index in [9.17, 15) is 64.7 Å². The molecule has 3 saturated carbocycles. The van der Waals surface area contributed by atoms with Crippen molar-refractivity contribution in [2.75, 3.05) is 42.3 Å². The Balaban J connectivity index is 0.000000187. The molecule has 130 heavy (non-hydrogen) atoms. The van der Waals surface area contributed by atoms with E-state index in [2.05, 4.69) is 81.0 Å². The van der Waals surface area contributed by atoms with Gasteiger partial charge in [-0.05, 0) is 147 Å². The monoisotopic (exact) mass is 1920 g/mol. The molecule has 12 aromatic rings. The van der Waals surface area contributed by atoms with Crippen LogP contribution in [0, 0.1) is 40.7 Å². The summed E-state index contributed by atoms with van der Waals surface area (Å²) in [5, 5.41) is 40.1. The Hall–Kier alpha value is -11.0. The molecule has 49 heteroatoms. The Morgan fingerprint density at radius 1 is 0.492 bits per heavy atom. The zero-order valence-electron chi connectivity index (χ0n) is 70.9. The molecule has 3 fully saturated rings. The van der Waals surface area contributed by atoms with Gasteiger partial charge in [0, 0.05) is 89.8 Å². The third-order valence-corrected chi connectivity index (χ3v) is 24.1. The van der Waals surface area contributed by atoms with Crippen molar-refractivity contribution < 1.29 is 92.9 Å². The first-order valence-corrected chi connectivity index (χ1v) is 44.9. The molecule has 3 aliphatic carbocycles. The van der Waals surface area contributed by atoms with Gasteiger partial charge in [-0.25, -0.2) is 57.1 Å². The summed E-state index contributed by atoms with van der Waals surface area (Å²) in [6.07, 6.45) is 22.9. The smallest absolute Gasteiger partial charge is 0.325 e. The summed E-state index contributed by atoms with van der Waals surface area (Å²) >= 11 is 3.55. The first-order chi connectivity index (χ1) is 61.3. The lowest BCUT2D eigenvalue weighted by Crippen LogP contribution is -2.43. The number of carbonyl (C=O) groups is 5.